The Morgan fingerprint density at radius 2 is 1.58 bits per heavy atom. The standard InChI is InChI=1S/C19H23ClO4/c1-14-15(7-6-8-17(14)20)9-10-16-13-18(21-2,22-3)11-12-19(16,23-4)24-5/h6-13H,1-5H3/b10-9+. The van der Waals surface area contributed by atoms with Gasteiger partial charge in [-0.2, -0.15) is 0 Å². The molecule has 0 bridgehead atoms. The van der Waals surface area contributed by atoms with Crippen LogP contribution in [0.25, 0.3) is 6.08 Å². The molecule has 4 nitrogen and oxygen atoms in total. The van der Waals surface area contributed by atoms with Crippen molar-refractivity contribution in [1.82, 2.24) is 0 Å². The molecule has 0 spiro atoms. The second-order valence-corrected chi connectivity index (χ2v) is 5.83. The molecule has 0 saturated heterocycles. The molecule has 0 amide bonds. The summed E-state index contributed by atoms with van der Waals surface area (Å²) in [6, 6.07) is 5.78. The Balaban J connectivity index is 2.47. The van der Waals surface area contributed by atoms with Crippen molar-refractivity contribution in [2.75, 3.05) is 28.4 Å². The van der Waals surface area contributed by atoms with E-state index in [9.17, 15) is 0 Å². The molecule has 2 rings (SSSR count). The highest BCUT2D eigenvalue weighted by Gasteiger charge is 2.39. The van der Waals surface area contributed by atoms with Gasteiger partial charge in [0.05, 0.1) is 0 Å². The minimum atomic E-state index is -0.996. The second kappa shape index (κ2) is 7.64. The zero-order chi connectivity index (χ0) is 17.8. The molecule has 0 N–H and O–H groups in total. The van der Waals surface area contributed by atoms with E-state index in [0.29, 0.717) is 0 Å². The third-order valence-corrected chi connectivity index (χ3v) is 4.70. The molecule has 1 aliphatic carbocycles. The molecular weight excluding hydrogens is 328 g/mol. The zero-order valence-corrected chi connectivity index (χ0v) is 15.4. The normalized spacial score (nSPS) is 18.8. The summed E-state index contributed by atoms with van der Waals surface area (Å²) in [6.45, 7) is 1.98. The third kappa shape index (κ3) is 3.48. The Labute approximate surface area is 148 Å². The average molecular weight is 351 g/mol. The predicted molar refractivity (Wildman–Crippen MR) is 95.9 cm³/mol. The van der Waals surface area contributed by atoms with Crippen molar-refractivity contribution in [2.45, 2.75) is 18.5 Å². The first-order valence-corrected chi connectivity index (χ1v) is 7.91. The van der Waals surface area contributed by atoms with Gasteiger partial charge in [-0.3, -0.25) is 0 Å². The predicted octanol–water partition coefficient (Wildman–Crippen LogP) is 4.14. The SMILES string of the molecule is COC1(OC)C=CC(OC)(OC)C(/C=C/c2cccc(Cl)c2C)=C1. The summed E-state index contributed by atoms with van der Waals surface area (Å²) in [4.78, 5) is 0. The molecule has 0 aliphatic heterocycles. The van der Waals surface area contributed by atoms with Crippen LogP contribution in [-0.2, 0) is 18.9 Å². The van der Waals surface area contributed by atoms with Crippen LogP contribution in [0.2, 0.25) is 5.02 Å². The topological polar surface area (TPSA) is 36.9 Å². The van der Waals surface area contributed by atoms with Gasteiger partial charge in [-0.25, -0.2) is 0 Å². The molecule has 1 aliphatic rings. The zero-order valence-electron chi connectivity index (χ0n) is 14.6. The first kappa shape index (κ1) is 18.9. The summed E-state index contributed by atoms with van der Waals surface area (Å²) >= 11 is 6.19. The Hall–Kier alpha value is -1.43. The Morgan fingerprint density at radius 3 is 2.17 bits per heavy atom. The van der Waals surface area contributed by atoms with Crippen molar-refractivity contribution in [3.8, 4) is 0 Å². The molecule has 0 aromatic heterocycles. The molecule has 0 atom stereocenters. The summed E-state index contributed by atoms with van der Waals surface area (Å²) in [7, 11) is 6.35. The van der Waals surface area contributed by atoms with Crippen LogP contribution in [0.1, 0.15) is 11.1 Å². The maximum atomic E-state index is 6.19. The van der Waals surface area contributed by atoms with Crippen molar-refractivity contribution in [3.63, 3.8) is 0 Å². The van der Waals surface area contributed by atoms with Gasteiger partial charge in [-0.05, 0) is 42.3 Å². The van der Waals surface area contributed by atoms with Gasteiger partial charge in [0.25, 0.3) is 0 Å². The summed E-state index contributed by atoms with van der Waals surface area (Å²) in [5, 5.41) is 0.725. The molecular formula is C19H23ClO4. The van der Waals surface area contributed by atoms with E-state index in [-0.39, 0.29) is 0 Å². The molecule has 5 heteroatoms. The largest absolute Gasteiger partial charge is 0.346 e. The van der Waals surface area contributed by atoms with E-state index in [1.165, 1.54) is 0 Å². The second-order valence-electron chi connectivity index (χ2n) is 5.43. The number of halogens is 1. The van der Waals surface area contributed by atoms with Crippen molar-refractivity contribution >= 4 is 17.7 Å². The van der Waals surface area contributed by atoms with E-state index in [0.717, 1.165) is 21.7 Å². The lowest BCUT2D eigenvalue weighted by atomic mass is 9.94. The van der Waals surface area contributed by atoms with Gasteiger partial charge >= 0.3 is 0 Å². The smallest absolute Gasteiger partial charge is 0.214 e. The molecule has 24 heavy (non-hydrogen) atoms. The Bertz CT molecular complexity index is 668. The maximum Gasteiger partial charge on any atom is 0.214 e. The molecule has 1 aromatic carbocycles. The lowest BCUT2D eigenvalue weighted by molar-refractivity contribution is -0.164. The molecule has 0 heterocycles. The lowest BCUT2D eigenvalue weighted by Crippen LogP contribution is -2.41. The van der Waals surface area contributed by atoms with Crippen LogP contribution in [0, 0.1) is 6.92 Å². The van der Waals surface area contributed by atoms with Crippen molar-refractivity contribution in [3.05, 3.63) is 64.2 Å². The van der Waals surface area contributed by atoms with E-state index >= 15 is 0 Å². The van der Waals surface area contributed by atoms with E-state index < -0.39 is 11.6 Å². The van der Waals surface area contributed by atoms with Gasteiger partial charge in [-0.1, -0.05) is 35.9 Å². The molecule has 0 saturated carbocycles. The van der Waals surface area contributed by atoms with E-state index in [2.05, 4.69) is 0 Å². The summed E-state index contributed by atoms with van der Waals surface area (Å²) in [6.07, 6.45) is 9.26. The number of hydrogen-bond donors (Lipinski definition) is 0. The van der Waals surface area contributed by atoms with Gasteiger partial charge in [-0.15, -0.1) is 0 Å². The van der Waals surface area contributed by atoms with E-state index in [1.54, 1.807) is 40.6 Å². The van der Waals surface area contributed by atoms with Crippen LogP contribution in [0.15, 0.2) is 48.1 Å². The van der Waals surface area contributed by atoms with E-state index in [4.69, 9.17) is 30.5 Å². The monoisotopic (exact) mass is 350 g/mol. The summed E-state index contributed by atoms with van der Waals surface area (Å²) in [5.74, 6) is -1.95. The quantitative estimate of drug-likeness (QED) is 0.571. The Kier molecular flexibility index (Phi) is 6.01. The first-order chi connectivity index (χ1) is 11.5. The number of rotatable bonds is 6. The summed E-state index contributed by atoms with van der Waals surface area (Å²) < 4.78 is 22.2. The van der Waals surface area contributed by atoms with Gasteiger partial charge in [0.15, 0.2) is 0 Å². The highest BCUT2D eigenvalue weighted by molar-refractivity contribution is 6.31. The minimum absolute atomic E-state index is 0.725. The van der Waals surface area contributed by atoms with Crippen LogP contribution < -0.4 is 0 Å². The summed E-state index contributed by atoms with van der Waals surface area (Å²) in [5.41, 5.74) is 2.78. The van der Waals surface area contributed by atoms with Crippen LogP contribution in [0.5, 0.6) is 0 Å². The number of methoxy groups -OCH3 is 4. The van der Waals surface area contributed by atoms with Gasteiger partial charge in [0.2, 0.25) is 11.6 Å². The van der Waals surface area contributed by atoms with Gasteiger partial charge in [0, 0.05) is 39.0 Å². The number of benzene rings is 1. The Morgan fingerprint density at radius 1 is 0.917 bits per heavy atom. The fourth-order valence-corrected chi connectivity index (χ4v) is 2.81. The van der Waals surface area contributed by atoms with Crippen molar-refractivity contribution < 1.29 is 18.9 Å². The molecule has 0 unspecified atom stereocenters. The van der Waals surface area contributed by atoms with Crippen LogP contribution >= 0.6 is 11.6 Å². The lowest BCUT2D eigenvalue weighted by Gasteiger charge is -2.37. The van der Waals surface area contributed by atoms with Crippen molar-refractivity contribution in [2.24, 2.45) is 0 Å². The highest BCUT2D eigenvalue weighted by Crippen LogP contribution is 2.35. The van der Waals surface area contributed by atoms with Gasteiger partial charge < -0.3 is 18.9 Å². The van der Waals surface area contributed by atoms with E-state index in [1.807, 2.05) is 43.4 Å². The molecule has 1 aromatic rings. The molecule has 0 fully saturated rings. The van der Waals surface area contributed by atoms with Crippen LogP contribution in [0.3, 0.4) is 0 Å². The average Bonchev–Trinajstić information content (AvgIpc) is 2.63. The molecule has 0 radical (unpaired) electrons. The van der Waals surface area contributed by atoms with Crippen LogP contribution in [-0.4, -0.2) is 40.0 Å². The fourth-order valence-electron chi connectivity index (χ4n) is 2.63. The molecule has 130 valence electrons. The maximum absolute atomic E-state index is 6.19. The highest BCUT2D eigenvalue weighted by atomic mass is 35.5. The third-order valence-electron chi connectivity index (χ3n) is 4.29. The number of hydrogen-bond acceptors (Lipinski definition) is 4. The van der Waals surface area contributed by atoms with Gasteiger partial charge in [0.1, 0.15) is 0 Å². The fraction of sp³-hybridized carbons (Fsp3) is 0.368. The minimum Gasteiger partial charge on any atom is -0.346 e. The first-order valence-electron chi connectivity index (χ1n) is 7.53. The number of ether oxygens (including phenoxy) is 4. The van der Waals surface area contributed by atoms with Crippen molar-refractivity contribution in [1.29, 1.82) is 0 Å². The van der Waals surface area contributed by atoms with Crippen LogP contribution in [0.4, 0.5) is 0 Å².